The van der Waals surface area contributed by atoms with Crippen molar-refractivity contribution >= 4 is 5.69 Å². The van der Waals surface area contributed by atoms with Crippen molar-refractivity contribution in [2.24, 2.45) is 0 Å². The molecule has 2 nitrogen and oxygen atoms in total. The molecule has 0 aromatic heterocycles. The first-order valence-corrected chi connectivity index (χ1v) is 4.81. The molecular weight excluding hydrogens is 162 g/mol. The highest BCUT2D eigenvalue weighted by Gasteiger charge is 2.18. The van der Waals surface area contributed by atoms with Gasteiger partial charge in [0.2, 0.25) is 0 Å². The highest BCUT2D eigenvalue weighted by Crippen LogP contribution is 2.32. The first kappa shape index (κ1) is 8.42. The van der Waals surface area contributed by atoms with Crippen molar-refractivity contribution < 1.29 is 4.74 Å². The van der Waals surface area contributed by atoms with E-state index in [1.807, 2.05) is 0 Å². The van der Waals surface area contributed by atoms with Crippen LogP contribution in [-0.4, -0.2) is 12.6 Å². The quantitative estimate of drug-likeness (QED) is 0.711. The third kappa shape index (κ3) is 1.48. The summed E-state index contributed by atoms with van der Waals surface area (Å²) in [4.78, 5) is 0. The standard InChI is InChI=1S/C11H15NO/c1-3-9-7-12-10-6-4-5-8(2)11(10)13-9/h4-6,9,12H,3,7H2,1-2H3. The van der Waals surface area contributed by atoms with Crippen molar-refractivity contribution in [1.29, 1.82) is 0 Å². The second-order valence-electron chi connectivity index (χ2n) is 3.48. The monoisotopic (exact) mass is 177 g/mol. The fourth-order valence-electron chi connectivity index (χ4n) is 1.61. The van der Waals surface area contributed by atoms with Crippen molar-refractivity contribution in [2.75, 3.05) is 11.9 Å². The number of anilines is 1. The van der Waals surface area contributed by atoms with Crippen molar-refractivity contribution in [3.05, 3.63) is 23.8 Å². The molecule has 0 saturated carbocycles. The van der Waals surface area contributed by atoms with Crippen LogP contribution in [0.2, 0.25) is 0 Å². The summed E-state index contributed by atoms with van der Waals surface area (Å²) in [7, 11) is 0. The Bertz CT molecular complexity index is 309. The first-order chi connectivity index (χ1) is 6.31. The lowest BCUT2D eigenvalue weighted by Gasteiger charge is -2.27. The summed E-state index contributed by atoms with van der Waals surface area (Å²) < 4.78 is 5.85. The van der Waals surface area contributed by atoms with Gasteiger partial charge < -0.3 is 10.1 Å². The molecule has 13 heavy (non-hydrogen) atoms. The van der Waals surface area contributed by atoms with E-state index in [0.717, 1.165) is 24.4 Å². The van der Waals surface area contributed by atoms with E-state index in [2.05, 4.69) is 37.4 Å². The average Bonchev–Trinajstić information content (AvgIpc) is 2.18. The van der Waals surface area contributed by atoms with Gasteiger partial charge >= 0.3 is 0 Å². The predicted octanol–water partition coefficient (Wildman–Crippen LogP) is 2.58. The zero-order valence-corrected chi connectivity index (χ0v) is 8.13. The van der Waals surface area contributed by atoms with Gasteiger partial charge in [-0.3, -0.25) is 0 Å². The molecule has 70 valence electrons. The van der Waals surface area contributed by atoms with Crippen LogP contribution >= 0.6 is 0 Å². The van der Waals surface area contributed by atoms with Crippen LogP contribution in [0.3, 0.4) is 0 Å². The Balaban J connectivity index is 2.32. The van der Waals surface area contributed by atoms with E-state index in [9.17, 15) is 0 Å². The molecule has 0 bridgehead atoms. The molecule has 2 heteroatoms. The third-order valence-electron chi connectivity index (χ3n) is 2.47. The summed E-state index contributed by atoms with van der Waals surface area (Å²) in [6.07, 6.45) is 1.38. The minimum absolute atomic E-state index is 0.327. The Morgan fingerprint density at radius 2 is 2.38 bits per heavy atom. The van der Waals surface area contributed by atoms with Gasteiger partial charge in [0.15, 0.2) is 0 Å². The van der Waals surface area contributed by atoms with E-state index < -0.39 is 0 Å². The zero-order chi connectivity index (χ0) is 9.26. The van der Waals surface area contributed by atoms with E-state index in [1.165, 1.54) is 5.56 Å². The number of para-hydroxylation sites is 1. The Hall–Kier alpha value is -1.18. The summed E-state index contributed by atoms with van der Waals surface area (Å²) in [5.41, 5.74) is 2.34. The van der Waals surface area contributed by atoms with Gasteiger partial charge in [0.1, 0.15) is 11.9 Å². The lowest BCUT2D eigenvalue weighted by molar-refractivity contribution is 0.200. The van der Waals surface area contributed by atoms with E-state index in [-0.39, 0.29) is 0 Å². The molecule has 1 atom stereocenters. The average molecular weight is 177 g/mol. The van der Waals surface area contributed by atoms with Crippen molar-refractivity contribution in [3.63, 3.8) is 0 Å². The minimum atomic E-state index is 0.327. The summed E-state index contributed by atoms with van der Waals surface area (Å²) in [6, 6.07) is 6.20. The van der Waals surface area contributed by atoms with Crippen LogP contribution in [0.15, 0.2) is 18.2 Å². The number of fused-ring (bicyclic) bond motifs is 1. The molecule has 1 N–H and O–H groups in total. The predicted molar refractivity (Wildman–Crippen MR) is 54.4 cm³/mol. The molecule has 1 heterocycles. The topological polar surface area (TPSA) is 21.3 Å². The molecule has 1 aliphatic rings. The van der Waals surface area contributed by atoms with Gasteiger partial charge in [0.25, 0.3) is 0 Å². The molecule has 1 aromatic carbocycles. The number of hydrogen-bond donors (Lipinski definition) is 1. The molecule has 0 spiro atoms. The van der Waals surface area contributed by atoms with Crippen LogP contribution in [0.25, 0.3) is 0 Å². The molecule has 0 aliphatic carbocycles. The van der Waals surface area contributed by atoms with Crippen LogP contribution in [0.5, 0.6) is 5.75 Å². The molecule has 0 fully saturated rings. The molecule has 0 radical (unpaired) electrons. The van der Waals surface area contributed by atoms with Gasteiger partial charge in [-0.1, -0.05) is 19.1 Å². The smallest absolute Gasteiger partial charge is 0.145 e. The van der Waals surface area contributed by atoms with Crippen LogP contribution in [0.4, 0.5) is 5.69 Å². The van der Waals surface area contributed by atoms with Crippen molar-refractivity contribution in [2.45, 2.75) is 26.4 Å². The first-order valence-electron chi connectivity index (χ1n) is 4.81. The largest absolute Gasteiger partial charge is 0.486 e. The molecular formula is C11H15NO. The fourth-order valence-corrected chi connectivity index (χ4v) is 1.61. The second kappa shape index (κ2) is 3.29. The summed E-state index contributed by atoms with van der Waals surface area (Å²) in [5.74, 6) is 1.03. The third-order valence-corrected chi connectivity index (χ3v) is 2.47. The summed E-state index contributed by atoms with van der Waals surface area (Å²) in [5, 5.41) is 3.38. The molecule has 1 aliphatic heterocycles. The number of aryl methyl sites for hydroxylation is 1. The Labute approximate surface area is 78.9 Å². The van der Waals surface area contributed by atoms with Gasteiger partial charge in [-0.25, -0.2) is 0 Å². The van der Waals surface area contributed by atoms with Crippen LogP contribution in [0.1, 0.15) is 18.9 Å². The van der Waals surface area contributed by atoms with Crippen LogP contribution in [0, 0.1) is 6.92 Å². The van der Waals surface area contributed by atoms with Crippen LogP contribution in [-0.2, 0) is 0 Å². The number of rotatable bonds is 1. The normalized spacial score (nSPS) is 20.0. The molecule has 0 saturated heterocycles. The fraction of sp³-hybridized carbons (Fsp3) is 0.455. The lowest BCUT2D eigenvalue weighted by atomic mass is 10.1. The molecule has 2 rings (SSSR count). The maximum Gasteiger partial charge on any atom is 0.145 e. The van der Waals surface area contributed by atoms with Gasteiger partial charge in [0.05, 0.1) is 12.2 Å². The minimum Gasteiger partial charge on any atom is -0.486 e. The number of ether oxygens (including phenoxy) is 1. The van der Waals surface area contributed by atoms with E-state index >= 15 is 0 Å². The highest BCUT2D eigenvalue weighted by molar-refractivity contribution is 5.61. The number of benzene rings is 1. The highest BCUT2D eigenvalue weighted by atomic mass is 16.5. The van der Waals surface area contributed by atoms with E-state index in [1.54, 1.807) is 0 Å². The Morgan fingerprint density at radius 3 is 3.15 bits per heavy atom. The molecule has 1 aromatic rings. The Morgan fingerprint density at radius 1 is 1.54 bits per heavy atom. The number of hydrogen-bond acceptors (Lipinski definition) is 2. The maximum atomic E-state index is 5.85. The summed E-state index contributed by atoms with van der Waals surface area (Å²) >= 11 is 0. The lowest BCUT2D eigenvalue weighted by Crippen LogP contribution is -2.30. The Kier molecular flexibility index (Phi) is 2.13. The van der Waals surface area contributed by atoms with Crippen molar-refractivity contribution in [1.82, 2.24) is 0 Å². The summed E-state index contributed by atoms with van der Waals surface area (Å²) in [6.45, 7) is 5.15. The van der Waals surface area contributed by atoms with E-state index in [0.29, 0.717) is 6.10 Å². The van der Waals surface area contributed by atoms with Crippen LogP contribution < -0.4 is 10.1 Å². The van der Waals surface area contributed by atoms with Gasteiger partial charge in [-0.05, 0) is 25.0 Å². The van der Waals surface area contributed by atoms with Crippen molar-refractivity contribution in [3.8, 4) is 5.75 Å². The number of nitrogens with one attached hydrogen (secondary N) is 1. The second-order valence-corrected chi connectivity index (χ2v) is 3.48. The van der Waals surface area contributed by atoms with Gasteiger partial charge in [-0.15, -0.1) is 0 Å². The molecule has 1 unspecified atom stereocenters. The van der Waals surface area contributed by atoms with Gasteiger partial charge in [0, 0.05) is 0 Å². The SMILES string of the molecule is CCC1CNc2cccc(C)c2O1. The molecule has 0 amide bonds. The van der Waals surface area contributed by atoms with Gasteiger partial charge in [-0.2, -0.15) is 0 Å². The zero-order valence-electron chi connectivity index (χ0n) is 8.13. The maximum absolute atomic E-state index is 5.85. The van der Waals surface area contributed by atoms with E-state index in [4.69, 9.17) is 4.74 Å².